The van der Waals surface area contributed by atoms with Crippen molar-refractivity contribution in [2.45, 2.75) is 25.2 Å². The van der Waals surface area contributed by atoms with Gasteiger partial charge in [-0.1, -0.05) is 0 Å². The van der Waals surface area contributed by atoms with E-state index in [1.165, 1.54) is 47.9 Å². The van der Waals surface area contributed by atoms with Crippen molar-refractivity contribution in [1.29, 1.82) is 0 Å². The molecule has 3 nitrogen and oxygen atoms in total. The third-order valence-electron chi connectivity index (χ3n) is 3.23. The zero-order chi connectivity index (χ0) is 11.0. The maximum absolute atomic E-state index is 6.00. The minimum absolute atomic E-state index is 0.713. The quantitative estimate of drug-likeness (QED) is 0.882. The number of hydrogen-bond donors (Lipinski definition) is 1. The largest absolute Gasteiger partial charge is 0.383 e. The van der Waals surface area contributed by atoms with Crippen LogP contribution in [0.25, 0.3) is 0 Å². The van der Waals surface area contributed by atoms with Gasteiger partial charge in [-0.15, -0.1) is 0 Å². The molecule has 2 aliphatic rings. The normalized spacial score (nSPS) is 22.1. The molecule has 3 rings (SSSR count). The number of nitrogens with two attached hydrogens (primary N) is 1. The number of rotatable bonds is 2. The summed E-state index contributed by atoms with van der Waals surface area (Å²) in [5.74, 6) is 4.04. The first-order valence-corrected chi connectivity index (χ1v) is 7.87. The monoisotopic (exact) mass is 255 g/mol. The van der Waals surface area contributed by atoms with Crippen LogP contribution in [0.15, 0.2) is 0 Å². The Bertz CT molecular complexity index is 365. The van der Waals surface area contributed by atoms with Crippen LogP contribution < -0.4 is 10.6 Å². The van der Waals surface area contributed by atoms with E-state index in [4.69, 9.17) is 5.73 Å². The molecule has 1 aromatic rings. The first-order valence-electron chi connectivity index (χ1n) is 5.94. The highest BCUT2D eigenvalue weighted by Gasteiger charge is 2.32. The third kappa shape index (κ3) is 2.02. The number of nitrogen functional groups attached to an aromatic ring is 1. The topological polar surface area (TPSA) is 42.1 Å². The molecule has 5 heteroatoms. The van der Waals surface area contributed by atoms with E-state index in [0.29, 0.717) is 5.92 Å². The first kappa shape index (κ1) is 10.7. The summed E-state index contributed by atoms with van der Waals surface area (Å²) in [6, 6.07) is 0. The van der Waals surface area contributed by atoms with Crippen molar-refractivity contribution >= 4 is 34.1 Å². The van der Waals surface area contributed by atoms with Crippen molar-refractivity contribution in [3.05, 3.63) is 5.56 Å². The summed E-state index contributed by atoms with van der Waals surface area (Å²) in [5, 5.41) is 1.36. The molecule has 1 aliphatic carbocycles. The molecule has 0 aromatic carbocycles. The van der Waals surface area contributed by atoms with Crippen LogP contribution in [0.5, 0.6) is 0 Å². The fourth-order valence-corrected chi connectivity index (χ4v) is 4.07. The molecule has 0 radical (unpaired) electrons. The third-order valence-corrected chi connectivity index (χ3v) is 5.22. The maximum Gasteiger partial charge on any atom is 0.142 e. The Labute approximate surface area is 105 Å². The molecule has 1 aliphatic heterocycles. The number of aromatic nitrogens is 1. The van der Waals surface area contributed by atoms with Gasteiger partial charge in [0, 0.05) is 24.4 Å². The van der Waals surface area contributed by atoms with Crippen molar-refractivity contribution < 1.29 is 0 Å². The molecule has 88 valence electrons. The standard InChI is InChI=1S/C11H17N3S2/c12-10-9(8-2-3-8)11(16-13-10)14-4-1-6-15-7-5-14/h8H,1-7H2,(H2,12,13). The molecule has 0 bridgehead atoms. The van der Waals surface area contributed by atoms with Crippen LogP contribution in [-0.2, 0) is 0 Å². The molecule has 0 amide bonds. The predicted octanol–water partition coefficient (Wildman–Crippen LogP) is 2.55. The van der Waals surface area contributed by atoms with Gasteiger partial charge in [-0.25, -0.2) is 0 Å². The summed E-state index contributed by atoms with van der Waals surface area (Å²) in [7, 11) is 0. The Balaban J connectivity index is 1.86. The number of hydrogen-bond acceptors (Lipinski definition) is 5. The first-order chi connectivity index (χ1) is 7.86. The average Bonchev–Trinajstić information content (AvgIpc) is 3.08. The fourth-order valence-electron chi connectivity index (χ4n) is 2.23. The predicted molar refractivity (Wildman–Crippen MR) is 72.7 cm³/mol. The fraction of sp³-hybridized carbons (Fsp3) is 0.727. The maximum atomic E-state index is 6.00. The van der Waals surface area contributed by atoms with Crippen LogP contribution in [-0.4, -0.2) is 29.0 Å². The van der Waals surface area contributed by atoms with Gasteiger partial charge in [-0.2, -0.15) is 16.1 Å². The number of thioether (sulfide) groups is 1. The van der Waals surface area contributed by atoms with Gasteiger partial charge >= 0.3 is 0 Å². The highest BCUT2D eigenvalue weighted by Crippen LogP contribution is 2.48. The lowest BCUT2D eigenvalue weighted by Crippen LogP contribution is -2.25. The molecular formula is C11H17N3S2. The molecule has 2 fully saturated rings. The van der Waals surface area contributed by atoms with Gasteiger partial charge in [0.2, 0.25) is 0 Å². The van der Waals surface area contributed by atoms with E-state index >= 15 is 0 Å². The Hall–Kier alpha value is -0.420. The van der Waals surface area contributed by atoms with Crippen LogP contribution in [0.3, 0.4) is 0 Å². The summed E-state index contributed by atoms with van der Waals surface area (Å²) in [6.07, 6.45) is 3.89. The minimum atomic E-state index is 0.713. The summed E-state index contributed by atoms with van der Waals surface area (Å²) in [6.45, 7) is 2.33. The molecule has 0 atom stereocenters. The highest BCUT2D eigenvalue weighted by atomic mass is 32.2. The van der Waals surface area contributed by atoms with Crippen LogP contribution in [0, 0.1) is 0 Å². The van der Waals surface area contributed by atoms with Gasteiger partial charge in [-0.05, 0) is 42.5 Å². The second kappa shape index (κ2) is 4.45. The Morgan fingerprint density at radius 1 is 1.25 bits per heavy atom. The Kier molecular flexibility index (Phi) is 2.98. The van der Waals surface area contributed by atoms with Gasteiger partial charge < -0.3 is 10.6 Å². The Morgan fingerprint density at radius 2 is 2.12 bits per heavy atom. The molecule has 0 unspecified atom stereocenters. The van der Waals surface area contributed by atoms with Gasteiger partial charge in [0.25, 0.3) is 0 Å². The van der Waals surface area contributed by atoms with E-state index in [2.05, 4.69) is 21.0 Å². The molecule has 1 saturated heterocycles. The molecule has 1 saturated carbocycles. The smallest absolute Gasteiger partial charge is 0.142 e. The lowest BCUT2D eigenvalue weighted by atomic mass is 10.2. The summed E-state index contributed by atoms with van der Waals surface area (Å²) < 4.78 is 4.35. The van der Waals surface area contributed by atoms with Crippen LogP contribution in [0.2, 0.25) is 0 Å². The Morgan fingerprint density at radius 3 is 2.94 bits per heavy atom. The summed E-state index contributed by atoms with van der Waals surface area (Å²) >= 11 is 3.66. The highest BCUT2D eigenvalue weighted by molar-refractivity contribution is 7.99. The van der Waals surface area contributed by atoms with Crippen molar-refractivity contribution in [1.82, 2.24) is 4.37 Å². The molecule has 2 N–H and O–H groups in total. The molecular weight excluding hydrogens is 238 g/mol. The van der Waals surface area contributed by atoms with Crippen molar-refractivity contribution in [2.75, 3.05) is 35.2 Å². The van der Waals surface area contributed by atoms with Crippen molar-refractivity contribution in [2.24, 2.45) is 0 Å². The molecule has 1 aromatic heterocycles. The zero-order valence-corrected chi connectivity index (χ0v) is 10.9. The lowest BCUT2D eigenvalue weighted by Gasteiger charge is -2.21. The van der Waals surface area contributed by atoms with E-state index in [0.717, 1.165) is 12.4 Å². The van der Waals surface area contributed by atoms with E-state index in [9.17, 15) is 0 Å². The van der Waals surface area contributed by atoms with E-state index in [-0.39, 0.29) is 0 Å². The second-order valence-electron chi connectivity index (χ2n) is 4.51. The lowest BCUT2D eigenvalue weighted by molar-refractivity contribution is 0.818. The van der Waals surface area contributed by atoms with Crippen LogP contribution >= 0.6 is 23.3 Å². The number of nitrogens with zero attached hydrogens (tertiary/aromatic N) is 2. The summed E-state index contributed by atoms with van der Waals surface area (Å²) in [5.41, 5.74) is 7.35. The molecule has 0 spiro atoms. The van der Waals surface area contributed by atoms with Crippen LogP contribution in [0.4, 0.5) is 10.8 Å². The van der Waals surface area contributed by atoms with E-state index < -0.39 is 0 Å². The van der Waals surface area contributed by atoms with Crippen molar-refractivity contribution in [3.63, 3.8) is 0 Å². The number of anilines is 2. The van der Waals surface area contributed by atoms with Gasteiger partial charge in [0.15, 0.2) is 0 Å². The SMILES string of the molecule is Nc1nsc(N2CCCSCC2)c1C1CC1. The van der Waals surface area contributed by atoms with Crippen LogP contribution in [0.1, 0.15) is 30.7 Å². The second-order valence-corrected chi connectivity index (χ2v) is 6.49. The van der Waals surface area contributed by atoms with Gasteiger partial charge in [0.05, 0.1) is 0 Å². The van der Waals surface area contributed by atoms with Gasteiger partial charge in [-0.3, -0.25) is 0 Å². The minimum Gasteiger partial charge on any atom is -0.383 e. The summed E-state index contributed by atoms with van der Waals surface area (Å²) in [4.78, 5) is 2.50. The van der Waals surface area contributed by atoms with Crippen molar-refractivity contribution in [3.8, 4) is 0 Å². The van der Waals surface area contributed by atoms with E-state index in [1.54, 1.807) is 11.5 Å². The zero-order valence-electron chi connectivity index (χ0n) is 9.32. The average molecular weight is 255 g/mol. The molecule has 16 heavy (non-hydrogen) atoms. The van der Waals surface area contributed by atoms with E-state index in [1.807, 2.05) is 0 Å². The van der Waals surface area contributed by atoms with Gasteiger partial charge in [0.1, 0.15) is 10.8 Å². The molecule has 2 heterocycles.